The number of imidazole rings is 1. The van der Waals surface area contributed by atoms with Crippen molar-refractivity contribution in [1.29, 1.82) is 0 Å². The molecule has 28 heavy (non-hydrogen) atoms. The highest BCUT2D eigenvalue weighted by Gasteiger charge is 2.27. The molecule has 0 amide bonds. The van der Waals surface area contributed by atoms with E-state index >= 15 is 0 Å². The van der Waals surface area contributed by atoms with Crippen molar-refractivity contribution in [1.82, 2.24) is 18.7 Å². The first-order valence-corrected chi connectivity index (χ1v) is 9.44. The van der Waals surface area contributed by atoms with Crippen molar-refractivity contribution < 1.29 is 4.74 Å². The summed E-state index contributed by atoms with van der Waals surface area (Å²) in [4.78, 5) is 32.0. The molecule has 0 spiro atoms. The Balaban J connectivity index is 1.96. The van der Waals surface area contributed by atoms with E-state index in [-0.39, 0.29) is 17.5 Å². The molecular weight excluding hydrogens is 358 g/mol. The smallest absolute Gasteiger partial charge is 0.332 e. The van der Waals surface area contributed by atoms with Crippen molar-refractivity contribution in [3.8, 4) is 0 Å². The highest BCUT2D eigenvalue weighted by molar-refractivity contribution is 5.74. The zero-order valence-corrected chi connectivity index (χ0v) is 16.7. The summed E-state index contributed by atoms with van der Waals surface area (Å²) in [5.41, 5.74) is 2.30. The van der Waals surface area contributed by atoms with Gasteiger partial charge >= 0.3 is 5.69 Å². The topological polar surface area (TPSA) is 74.3 Å². The number of anilines is 1. The minimum Gasteiger partial charge on any atom is -0.358 e. The summed E-state index contributed by atoms with van der Waals surface area (Å²) in [5, 5.41) is 0. The van der Waals surface area contributed by atoms with Crippen LogP contribution in [-0.4, -0.2) is 38.6 Å². The first-order chi connectivity index (χ1) is 13.4. The van der Waals surface area contributed by atoms with Crippen LogP contribution in [0.25, 0.3) is 11.2 Å². The Kier molecular flexibility index (Phi) is 4.58. The molecule has 1 aliphatic rings. The van der Waals surface area contributed by atoms with Gasteiger partial charge in [0.1, 0.15) is 6.23 Å². The van der Waals surface area contributed by atoms with E-state index in [9.17, 15) is 9.59 Å². The van der Waals surface area contributed by atoms with Crippen molar-refractivity contribution in [2.45, 2.75) is 32.5 Å². The maximum atomic E-state index is 13.0. The lowest BCUT2D eigenvalue weighted by Crippen LogP contribution is -2.37. The molecule has 0 N–H and O–H groups in total. The van der Waals surface area contributed by atoms with Gasteiger partial charge in [0.05, 0.1) is 6.54 Å². The largest absolute Gasteiger partial charge is 0.358 e. The van der Waals surface area contributed by atoms with Crippen LogP contribution in [0.2, 0.25) is 0 Å². The van der Waals surface area contributed by atoms with E-state index in [1.54, 1.807) is 7.05 Å². The Morgan fingerprint density at radius 2 is 2.04 bits per heavy atom. The van der Waals surface area contributed by atoms with Crippen molar-refractivity contribution in [2.75, 3.05) is 18.6 Å². The lowest BCUT2D eigenvalue weighted by Gasteiger charge is -2.25. The van der Waals surface area contributed by atoms with Crippen LogP contribution in [0.15, 0.2) is 33.9 Å². The van der Waals surface area contributed by atoms with E-state index in [1.807, 2.05) is 41.6 Å². The number of aromatic nitrogens is 4. The Bertz CT molecular complexity index is 1150. The lowest BCUT2D eigenvalue weighted by molar-refractivity contribution is 0.110. The fraction of sp³-hybridized carbons (Fsp3) is 0.450. The molecule has 8 nitrogen and oxygen atoms in total. The third kappa shape index (κ3) is 2.93. The van der Waals surface area contributed by atoms with E-state index in [4.69, 9.17) is 9.72 Å². The predicted molar refractivity (Wildman–Crippen MR) is 108 cm³/mol. The first-order valence-electron chi connectivity index (χ1n) is 9.44. The van der Waals surface area contributed by atoms with Crippen LogP contribution >= 0.6 is 0 Å². The van der Waals surface area contributed by atoms with Crippen LogP contribution in [0.5, 0.6) is 0 Å². The summed E-state index contributed by atoms with van der Waals surface area (Å²) in [7, 11) is 5.06. The first kappa shape index (κ1) is 18.5. The van der Waals surface area contributed by atoms with Crippen molar-refractivity contribution >= 4 is 17.1 Å². The number of hydrogen-bond donors (Lipinski definition) is 0. The monoisotopic (exact) mass is 383 g/mol. The molecule has 1 unspecified atom stereocenters. The highest BCUT2D eigenvalue weighted by Crippen LogP contribution is 2.25. The summed E-state index contributed by atoms with van der Waals surface area (Å²) in [5.74, 6) is 0.627. The van der Waals surface area contributed by atoms with Gasteiger partial charge in [-0.05, 0) is 25.3 Å². The summed E-state index contributed by atoms with van der Waals surface area (Å²) < 4.78 is 10.3. The van der Waals surface area contributed by atoms with E-state index < -0.39 is 0 Å². The molecule has 0 bridgehead atoms. The van der Waals surface area contributed by atoms with E-state index in [0.717, 1.165) is 28.5 Å². The Morgan fingerprint density at radius 1 is 1.25 bits per heavy atom. The number of fused-ring (bicyclic) bond motifs is 1. The molecule has 0 aliphatic carbocycles. The van der Waals surface area contributed by atoms with Crippen molar-refractivity contribution in [3.05, 3.63) is 56.2 Å². The van der Waals surface area contributed by atoms with Gasteiger partial charge in [0.25, 0.3) is 5.56 Å². The fourth-order valence-electron chi connectivity index (χ4n) is 3.84. The van der Waals surface area contributed by atoms with Gasteiger partial charge in [-0.25, -0.2) is 4.79 Å². The van der Waals surface area contributed by atoms with Crippen LogP contribution in [0.3, 0.4) is 0 Å². The number of aryl methyl sites for hydroxylation is 2. The van der Waals surface area contributed by atoms with Gasteiger partial charge in [-0.1, -0.05) is 29.8 Å². The van der Waals surface area contributed by atoms with Gasteiger partial charge in [-0.2, -0.15) is 4.98 Å². The second-order valence-electron chi connectivity index (χ2n) is 7.44. The van der Waals surface area contributed by atoms with Crippen molar-refractivity contribution in [2.24, 2.45) is 14.1 Å². The van der Waals surface area contributed by atoms with Crippen LogP contribution in [0.4, 0.5) is 5.95 Å². The zero-order chi connectivity index (χ0) is 20.0. The van der Waals surface area contributed by atoms with Crippen LogP contribution in [0.1, 0.15) is 24.0 Å². The molecule has 1 aliphatic heterocycles. The van der Waals surface area contributed by atoms with Gasteiger partial charge in [0.2, 0.25) is 5.95 Å². The van der Waals surface area contributed by atoms with Gasteiger partial charge in [0, 0.05) is 27.7 Å². The summed E-state index contributed by atoms with van der Waals surface area (Å²) >= 11 is 0. The van der Waals surface area contributed by atoms with Crippen LogP contribution in [-0.2, 0) is 25.4 Å². The third-order valence-corrected chi connectivity index (χ3v) is 5.40. The average Bonchev–Trinajstić information content (AvgIpc) is 3.33. The highest BCUT2D eigenvalue weighted by atomic mass is 16.5. The molecule has 0 saturated carbocycles. The molecule has 1 saturated heterocycles. The Morgan fingerprint density at radius 3 is 2.71 bits per heavy atom. The molecule has 1 fully saturated rings. The summed E-state index contributed by atoms with van der Waals surface area (Å²) in [6.45, 7) is 3.24. The molecule has 1 atom stereocenters. The zero-order valence-electron chi connectivity index (χ0n) is 16.7. The van der Waals surface area contributed by atoms with Crippen LogP contribution in [0, 0.1) is 6.92 Å². The van der Waals surface area contributed by atoms with E-state index in [2.05, 4.69) is 6.07 Å². The number of benzene rings is 1. The molecule has 1 aromatic carbocycles. The molecule has 8 heteroatoms. The third-order valence-electron chi connectivity index (χ3n) is 5.40. The molecule has 3 heterocycles. The number of ether oxygens (including phenoxy) is 1. The lowest BCUT2D eigenvalue weighted by atomic mass is 10.1. The summed E-state index contributed by atoms with van der Waals surface area (Å²) in [6, 6.07) is 8.16. The second-order valence-corrected chi connectivity index (χ2v) is 7.44. The predicted octanol–water partition coefficient (Wildman–Crippen LogP) is 1.36. The van der Waals surface area contributed by atoms with Crippen molar-refractivity contribution in [3.63, 3.8) is 0 Å². The SMILES string of the molecule is Cc1cccc(Cn2c(N(C)C3CCCO3)nc3c2c(=O)n(C)c(=O)n3C)c1. The molecule has 3 aromatic rings. The number of nitrogens with zero attached hydrogens (tertiary/aromatic N) is 5. The standard InChI is InChI=1S/C20H25N5O3/c1-13-7-5-8-14(11-13)12-25-16-17(23(3)20(27)24(4)18(16)26)21-19(25)22(2)15-9-6-10-28-15/h5,7-8,11,15H,6,9-10,12H2,1-4H3. The van der Waals surface area contributed by atoms with Gasteiger partial charge in [-0.3, -0.25) is 18.5 Å². The molecular formula is C20H25N5O3. The Labute approximate surface area is 162 Å². The molecule has 4 rings (SSSR count). The van der Waals surface area contributed by atoms with E-state index in [0.29, 0.717) is 30.3 Å². The number of hydrogen-bond acceptors (Lipinski definition) is 5. The van der Waals surface area contributed by atoms with Gasteiger partial charge < -0.3 is 9.64 Å². The quantitative estimate of drug-likeness (QED) is 0.680. The second kappa shape index (κ2) is 6.94. The van der Waals surface area contributed by atoms with Crippen LogP contribution < -0.4 is 16.1 Å². The molecule has 148 valence electrons. The minimum absolute atomic E-state index is 0.0889. The van der Waals surface area contributed by atoms with E-state index in [1.165, 1.54) is 11.6 Å². The summed E-state index contributed by atoms with van der Waals surface area (Å²) in [6.07, 6.45) is 1.81. The fourth-order valence-corrected chi connectivity index (χ4v) is 3.84. The molecule has 2 aromatic heterocycles. The van der Waals surface area contributed by atoms with Gasteiger partial charge in [-0.15, -0.1) is 0 Å². The normalized spacial score (nSPS) is 16.8. The maximum Gasteiger partial charge on any atom is 0.332 e. The number of rotatable bonds is 4. The maximum absolute atomic E-state index is 13.0. The Hall–Kier alpha value is -2.87. The average molecular weight is 383 g/mol. The van der Waals surface area contributed by atoms with Gasteiger partial charge in [0.15, 0.2) is 11.2 Å². The molecule has 0 radical (unpaired) electrons. The minimum atomic E-state index is -0.385.